The van der Waals surface area contributed by atoms with E-state index in [1.54, 1.807) is 0 Å². The number of hydrogen-bond acceptors (Lipinski definition) is 3. The third-order valence-corrected chi connectivity index (χ3v) is 4.66. The van der Waals surface area contributed by atoms with Crippen molar-refractivity contribution in [1.29, 1.82) is 0 Å². The molecule has 0 aromatic heterocycles. The molecule has 2 unspecified atom stereocenters. The molecule has 3 rings (SSSR count). The van der Waals surface area contributed by atoms with Crippen molar-refractivity contribution in [1.82, 2.24) is 16.0 Å². The van der Waals surface area contributed by atoms with Crippen LogP contribution in [0, 0.1) is 0 Å². The van der Waals surface area contributed by atoms with Gasteiger partial charge in [0, 0.05) is 13.1 Å². The van der Waals surface area contributed by atoms with E-state index in [9.17, 15) is 9.59 Å². The number of carbonyl (C=O) groups excluding carboxylic acids is 2. The summed E-state index contributed by atoms with van der Waals surface area (Å²) in [6, 6.07) is 17.6. The van der Waals surface area contributed by atoms with Gasteiger partial charge in [0.15, 0.2) is 5.78 Å². The van der Waals surface area contributed by atoms with E-state index in [1.165, 1.54) is 11.8 Å². The quantitative estimate of drug-likeness (QED) is 0.943. The highest BCUT2D eigenvalue weighted by atomic mass is 16.2. The standard InChI is InChI=1S/C19H20N3O2/c1-14(23)19(16-10-6-3-7-11-16)17(15-8-4-2-5-9-15)21-12-13-22(19)18(20)24/h2-11,17,20-21H,12-13H2,1H3. The predicted molar refractivity (Wildman–Crippen MR) is 91.2 cm³/mol. The van der Waals surface area contributed by atoms with Gasteiger partial charge in [-0.1, -0.05) is 60.7 Å². The van der Waals surface area contributed by atoms with Gasteiger partial charge >= 0.3 is 6.03 Å². The number of amides is 2. The van der Waals surface area contributed by atoms with Gasteiger partial charge in [0.1, 0.15) is 5.54 Å². The third-order valence-electron chi connectivity index (χ3n) is 4.66. The van der Waals surface area contributed by atoms with Crippen LogP contribution in [0.25, 0.3) is 0 Å². The lowest BCUT2D eigenvalue weighted by Gasteiger charge is -2.50. The number of nitrogens with zero attached hydrogens (tertiary/aromatic N) is 1. The molecule has 2 aromatic carbocycles. The highest BCUT2D eigenvalue weighted by Crippen LogP contribution is 2.43. The fourth-order valence-corrected chi connectivity index (χ4v) is 3.68. The van der Waals surface area contributed by atoms with Gasteiger partial charge in [-0.2, -0.15) is 0 Å². The Morgan fingerprint density at radius 3 is 2.21 bits per heavy atom. The van der Waals surface area contributed by atoms with Crippen LogP contribution in [0.3, 0.4) is 0 Å². The number of rotatable bonds is 3. The molecule has 2 amide bonds. The maximum absolute atomic E-state index is 12.9. The van der Waals surface area contributed by atoms with Gasteiger partial charge in [0.05, 0.1) is 6.04 Å². The summed E-state index contributed by atoms with van der Waals surface area (Å²) in [7, 11) is 0. The van der Waals surface area contributed by atoms with Crippen LogP contribution < -0.4 is 11.1 Å². The van der Waals surface area contributed by atoms with Crippen molar-refractivity contribution in [2.45, 2.75) is 18.5 Å². The van der Waals surface area contributed by atoms with Gasteiger partial charge in [-0.15, -0.1) is 0 Å². The highest BCUT2D eigenvalue weighted by Gasteiger charge is 2.53. The fourth-order valence-electron chi connectivity index (χ4n) is 3.68. The molecule has 2 aromatic rings. The Balaban J connectivity index is 2.26. The number of ketones is 1. The van der Waals surface area contributed by atoms with Gasteiger partial charge in [0.2, 0.25) is 0 Å². The molecular weight excluding hydrogens is 302 g/mol. The van der Waals surface area contributed by atoms with Crippen molar-refractivity contribution in [2.24, 2.45) is 0 Å². The van der Waals surface area contributed by atoms with E-state index in [2.05, 4.69) is 5.32 Å². The number of benzene rings is 2. The summed E-state index contributed by atoms with van der Waals surface area (Å²) in [5, 5.41) is 3.39. The van der Waals surface area contributed by atoms with Gasteiger partial charge < -0.3 is 10.2 Å². The van der Waals surface area contributed by atoms with E-state index in [0.717, 1.165) is 11.1 Å². The normalized spacial score (nSPS) is 23.7. The van der Waals surface area contributed by atoms with E-state index >= 15 is 0 Å². The van der Waals surface area contributed by atoms with Crippen molar-refractivity contribution >= 4 is 11.8 Å². The van der Waals surface area contributed by atoms with Crippen LogP contribution in [0.4, 0.5) is 4.79 Å². The first kappa shape index (κ1) is 16.2. The zero-order valence-electron chi connectivity index (χ0n) is 13.5. The Labute approximate surface area is 141 Å². The van der Waals surface area contributed by atoms with Crippen LogP contribution in [0.1, 0.15) is 24.1 Å². The maximum Gasteiger partial charge on any atom is 0.337 e. The van der Waals surface area contributed by atoms with Crippen LogP contribution in [-0.2, 0) is 10.3 Å². The van der Waals surface area contributed by atoms with E-state index in [4.69, 9.17) is 5.73 Å². The van der Waals surface area contributed by atoms with Crippen molar-refractivity contribution in [3.8, 4) is 0 Å². The number of nitrogens with one attached hydrogen (secondary N) is 2. The molecule has 2 atom stereocenters. The molecule has 5 nitrogen and oxygen atoms in total. The molecule has 5 heteroatoms. The van der Waals surface area contributed by atoms with Crippen LogP contribution in [-0.4, -0.2) is 29.8 Å². The summed E-state index contributed by atoms with van der Waals surface area (Å²) in [4.78, 5) is 26.4. The largest absolute Gasteiger partial charge is 0.337 e. The monoisotopic (exact) mass is 322 g/mol. The molecule has 1 aliphatic heterocycles. The van der Waals surface area contributed by atoms with E-state index < -0.39 is 17.6 Å². The second-order valence-electron chi connectivity index (χ2n) is 5.94. The number of Topliss-reactive ketones (excluding diaryl/α,β-unsaturated/α-hetero) is 1. The molecular formula is C19H20N3O2. The van der Waals surface area contributed by atoms with Crippen LogP contribution in [0.2, 0.25) is 0 Å². The maximum atomic E-state index is 12.9. The number of carbonyl (C=O) groups is 2. The van der Waals surface area contributed by atoms with E-state index in [0.29, 0.717) is 13.1 Å². The average Bonchev–Trinajstić information content (AvgIpc) is 2.62. The molecule has 0 aliphatic carbocycles. The molecule has 1 radical (unpaired) electrons. The Kier molecular flexibility index (Phi) is 4.36. The van der Waals surface area contributed by atoms with Gasteiger partial charge in [-0.05, 0) is 18.1 Å². The summed E-state index contributed by atoms with van der Waals surface area (Å²) < 4.78 is 0. The molecule has 1 aliphatic rings. The first-order valence-corrected chi connectivity index (χ1v) is 7.96. The molecule has 2 N–H and O–H groups in total. The van der Waals surface area contributed by atoms with E-state index in [1.807, 2.05) is 60.7 Å². The van der Waals surface area contributed by atoms with Crippen molar-refractivity contribution in [3.05, 3.63) is 71.8 Å². The zero-order valence-corrected chi connectivity index (χ0v) is 13.5. The summed E-state index contributed by atoms with van der Waals surface area (Å²) in [6.07, 6.45) is 0. The Morgan fingerprint density at radius 1 is 1.08 bits per heavy atom. The fraction of sp³-hybridized carbons (Fsp3) is 0.263. The highest BCUT2D eigenvalue weighted by molar-refractivity contribution is 5.93. The summed E-state index contributed by atoms with van der Waals surface area (Å²) in [5.41, 5.74) is 8.15. The van der Waals surface area contributed by atoms with Crippen LogP contribution in [0.15, 0.2) is 60.7 Å². The van der Waals surface area contributed by atoms with Crippen LogP contribution >= 0.6 is 0 Å². The average molecular weight is 322 g/mol. The Hall–Kier alpha value is -2.66. The molecule has 0 saturated carbocycles. The van der Waals surface area contributed by atoms with E-state index in [-0.39, 0.29) is 5.78 Å². The number of hydrogen-bond donors (Lipinski definition) is 1. The molecule has 24 heavy (non-hydrogen) atoms. The lowest BCUT2D eigenvalue weighted by Crippen LogP contribution is -2.65. The lowest BCUT2D eigenvalue weighted by molar-refractivity contribution is -0.132. The summed E-state index contributed by atoms with van der Waals surface area (Å²) in [5.74, 6) is -0.157. The predicted octanol–water partition coefficient (Wildman–Crippen LogP) is 2.52. The minimum Gasteiger partial charge on any atom is -0.306 e. The van der Waals surface area contributed by atoms with Crippen molar-refractivity contribution < 1.29 is 9.59 Å². The number of urea groups is 1. The zero-order chi connectivity index (χ0) is 17.2. The van der Waals surface area contributed by atoms with Crippen LogP contribution in [0.5, 0.6) is 0 Å². The van der Waals surface area contributed by atoms with Gasteiger partial charge in [0.25, 0.3) is 0 Å². The summed E-state index contributed by atoms with van der Waals surface area (Å²) in [6.45, 7) is 2.35. The smallest absolute Gasteiger partial charge is 0.306 e. The van der Waals surface area contributed by atoms with Crippen molar-refractivity contribution in [2.75, 3.05) is 13.1 Å². The van der Waals surface area contributed by atoms with Gasteiger partial charge in [-0.3, -0.25) is 4.79 Å². The second-order valence-corrected chi connectivity index (χ2v) is 5.94. The Bertz CT molecular complexity index is 733. The first-order chi connectivity index (χ1) is 11.6. The molecule has 123 valence electrons. The SMILES string of the molecule is CC(=O)C1(c2ccccc2)C(c2ccccc2)NCCN1C([NH])=O. The minimum atomic E-state index is -1.22. The van der Waals surface area contributed by atoms with Gasteiger partial charge in [-0.25, -0.2) is 10.5 Å². The summed E-state index contributed by atoms with van der Waals surface area (Å²) >= 11 is 0. The minimum absolute atomic E-state index is 0.157. The molecule has 1 heterocycles. The topological polar surface area (TPSA) is 73.2 Å². The first-order valence-electron chi connectivity index (χ1n) is 7.96. The van der Waals surface area contributed by atoms with Crippen molar-refractivity contribution in [3.63, 3.8) is 0 Å². The molecule has 1 fully saturated rings. The third kappa shape index (κ3) is 2.47. The molecule has 0 spiro atoms. The second kappa shape index (κ2) is 6.45. The molecule has 0 bridgehead atoms. The Morgan fingerprint density at radius 2 is 1.67 bits per heavy atom. The molecule has 1 saturated heterocycles. The number of piperazine rings is 1. The lowest BCUT2D eigenvalue weighted by atomic mass is 9.74.